The maximum absolute atomic E-state index is 12.5. The van der Waals surface area contributed by atoms with E-state index in [1.807, 2.05) is 24.3 Å². The largest absolute Gasteiger partial charge is 0.493 e. The van der Waals surface area contributed by atoms with Crippen molar-refractivity contribution in [3.05, 3.63) is 42.0 Å². The zero-order valence-electron chi connectivity index (χ0n) is 18.9. The predicted molar refractivity (Wildman–Crippen MR) is 124 cm³/mol. The summed E-state index contributed by atoms with van der Waals surface area (Å²) >= 11 is 0. The lowest BCUT2D eigenvalue weighted by Crippen LogP contribution is -2.46. The molecule has 7 heteroatoms. The molecular weight excluding hydrogens is 394 g/mol. The van der Waals surface area contributed by atoms with Crippen molar-refractivity contribution in [2.24, 2.45) is 0 Å². The van der Waals surface area contributed by atoms with Crippen LogP contribution in [0.5, 0.6) is 17.2 Å². The predicted octanol–water partition coefficient (Wildman–Crippen LogP) is 3.43. The minimum absolute atomic E-state index is 0.0296. The van der Waals surface area contributed by atoms with Crippen LogP contribution in [0, 0.1) is 0 Å². The molecule has 1 N–H and O–H groups in total. The molecule has 0 unspecified atom stereocenters. The van der Waals surface area contributed by atoms with Crippen molar-refractivity contribution in [3.8, 4) is 17.2 Å². The Labute approximate surface area is 184 Å². The van der Waals surface area contributed by atoms with E-state index >= 15 is 0 Å². The molecule has 7 nitrogen and oxygen atoms in total. The van der Waals surface area contributed by atoms with Gasteiger partial charge < -0.3 is 29.3 Å². The van der Waals surface area contributed by atoms with Gasteiger partial charge in [-0.05, 0) is 54.9 Å². The first-order valence-corrected chi connectivity index (χ1v) is 10.7. The Kier molecular flexibility index (Phi) is 8.00. The summed E-state index contributed by atoms with van der Waals surface area (Å²) < 4.78 is 16.1. The lowest BCUT2D eigenvalue weighted by Gasteiger charge is -2.35. The van der Waals surface area contributed by atoms with Crippen LogP contribution in [0.25, 0.3) is 0 Å². The highest BCUT2D eigenvalue weighted by molar-refractivity contribution is 5.91. The summed E-state index contributed by atoms with van der Waals surface area (Å²) in [6.45, 7) is 7.57. The van der Waals surface area contributed by atoms with Crippen LogP contribution < -0.4 is 24.4 Å². The van der Waals surface area contributed by atoms with Gasteiger partial charge in [0.25, 0.3) is 0 Å². The Morgan fingerprint density at radius 2 is 1.55 bits per heavy atom. The van der Waals surface area contributed by atoms with E-state index in [9.17, 15) is 4.79 Å². The molecule has 0 aliphatic carbocycles. The summed E-state index contributed by atoms with van der Waals surface area (Å²) in [5, 5.41) is 2.99. The quantitative estimate of drug-likeness (QED) is 0.662. The highest BCUT2D eigenvalue weighted by Crippen LogP contribution is 2.38. The van der Waals surface area contributed by atoms with Crippen molar-refractivity contribution in [1.29, 1.82) is 0 Å². The highest BCUT2D eigenvalue weighted by atomic mass is 16.5. The monoisotopic (exact) mass is 427 g/mol. The van der Waals surface area contributed by atoms with Gasteiger partial charge in [0.05, 0.1) is 21.3 Å². The molecule has 1 fully saturated rings. The summed E-state index contributed by atoms with van der Waals surface area (Å²) in [6, 6.07) is 11.9. The number of nitrogens with zero attached hydrogens (tertiary/aromatic N) is 2. The number of methoxy groups -OCH3 is 3. The molecular formula is C24H33N3O4. The number of benzene rings is 2. The van der Waals surface area contributed by atoms with Gasteiger partial charge in [0.15, 0.2) is 11.5 Å². The molecule has 1 saturated heterocycles. The van der Waals surface area contributed by atoms with Crippen molar-refractivity contribution in [3.63, 3.8) is 0 Å². The van der Waals surface area contributed by atoms with Gasteiger partial charge in [0.2, 0.25) is 11.7 Å². The van der Waals surface area contributed by atoms with Crippen molar-refractivity contribution in [2.75, 3.05) is 64.3 Å². The fraction of sp³-hybridized carbons (Fsp3) is 0.458. The summed E-state index contributed by atoms with van der Waals surface area (Å²) in [4.78, 5) is 17.3. The van der Waals surface area contributed by atoms with Crippen LogP contribution >= 0.6 is 0 Å². The smallest absolute Gasteiger partial charge is 0.224 e. The molecule has 0 spiro atoms. The number of likely N-dealkylation sites (N-methyl/N-ethyl adjacent to an activating group) is 1. The standard InChI is InChI=1S/C24H33N3O4/c1-5-26-12-14-27(15-13-26)20-9-7-19(8-10-20)25-23(28)11-6-18-16-21(29-2)24(31-4)22(17-18)30-3/h7-10,16-17H,5-6,11-15H2,1-4H3,(H,25,28). The van der Waals surface area contributed by atoms with Gasteiger partial charge in [-0.25, -0.2) is 0 Å². The summed E-state index contributed by atoms with van der Waals surface area (Å²) in [6.07, 6.45) is 0.932. The molecule has 0 saturated carbocycles. The topological polar surface area (TPSA) is 63.3 Å². The minimum atomic E-state index is -0.0296. The van der Waals surface area contributed by atoms with Gasteiger partial charge in [-0.15, -0.1) is 0 Å². The van der Waals surface area contributed by atoms with Crippen LogP contribution in [0.1, 0.15) is 18.9 Å². The zero-order chi connectivity index (χ0) is 22.2. The molecule has 0 bridgehead atoms. The van der Waals surface area contributed by atoms with Gasteiger partial charge in [-0.2, -0.15) is 0 Å². The number of rotatable bonds is 9. The molecule has 0 radical (unpaired) electrons. The number of aryl methyl sites for hydroxylation is 1. The van der Waals surface area contributed by atoms with Gasteiger partial charge in [-0.3, -0.25) is 4.79 Å². The Morgan fingerprint density at radius 3 is 2.06 bits per heavy atom. The fourth-order valence-electron chi connectivity index (χ4n) is 3.84. The number of piperazine rings is 1. The highest BCUT2D eigenvalue weighted by Gasteiger charge is 2.16. The van der Waals surface area contributed by atoms with Crippen LogP contribution in [0.3, 0.4) is 0 Å². The Morgan fingerprint density at radius 1 is 0.935 bits per heavy atom. The summed E-state index contributed by atoms with van der Waals surface area (Å²) in [7, 11) is 4.74. The molecule has 1 amide bonds. The number of hydrogen-bond acceptors (Lipinski definition) is 6. The average Bonchev–Trinajstić information content (AvgIpc) is 2.82. The Bertz CT molecular complexity index is 837. The van der Waals surface area contributed by atoms with Crippen molar-refractivity contribution >= 4 is 17.3 Å². The molecule has 0 aromatic heterocycles. The molecule has 0 atom stereocenters. The third-order valence-electron chi connectivity index (χ3n) is 5.70. The number of hydrogen-bond donors (Lipinski definition) is 1. The van der Waals surface area contributed by atoms with E-state index in [1.165, 1.54) is 5.69 Å². The van der Waals surface area contributed by atoms with Gasteiger partial charge in [-0.1, -0.05) is 6.92 Å². The van der Waals surface area contributed by atoms with Crippen molar-refractivity contribution in [2.45, 2.75) is 19.8 Å². The van der Waals surface area contributed by atoms with E-state index in [0.29, 0.717) is 30.1 Å². The molecule has 2 aromatic rings. The minimum Gasteiger partial charge on any atom is -0.493 e. The molecule has 2 aromatic carbocycles. The van der Waals surface area contributed by atoms with Crippen molar-refractivity contribution in [1.82, 2.24) is 4.90 Å². The molecule has 3 rings (SSSR count). The average molecular weight is 428 g/mol. The van der Waals surface area contributed by atoms with E-state index < -0.39 is 0 Å². The van der Waals surface area contributed by atoms with Gasteiger partial charge in [0, 0.05) is 44.0 Å². The van der Waals surface area contributed by atoms with Crippen LogP contribution in [0.2, 0.25) is 0 Å². The molecule has 1 aliphatic rings. The second kappa shape index (κ2) is 10.9. The molecule has 1 heterocycles. The maximum atomic E-state index is 12.5. The molecule has 31 heavy (non-hydrogen) atoms. The molecule has 168 valence electrons. The van der Waals surface area contributed by atoms with Gasteiger partial charge >= 0.3 is 0 Å². The first kappa shape index (κ1) is 22.7. The van der Waals surface area contributed by atoms with Crippen molar-refractivity contribution < 1.29 is 19.0 Å². The van der Waals surface area contributed by atoms with Crippen LogP contribution in [-0.2, 0) is 11.2 Å². The Balaban J connectivity index is 1.54. The zero-order valence-corrected chi connectivity index (χ0v) is 18.9. The maximum Gasteiger partial charge on any atom is 0.224 e. The van der Waals surface area contributed by atoms with Crippen LogP contribution in [0.15, 0.2) is 36.4 Å². The Hall–Kier alpha value is -2.93. The lowest BCUT2D eigenvalue weighted by atomic mass is 10.1. The SMILES string of the molecule is CCN1CCN(c2ccc(NC(=O)CCc3cc(OC)c(OC)c(OC)c3)cc2)CC1. The number of carbonyl (C=O) groups is 1. The van der Waals surface area contributed by atoms with E-state index in [-0.39, 0.29) is 5.91 Å². The van der Waals surface area contributed by atoms with Crippen LogP contribution in [-0.4, -0.2) is 64.9 Å². The number of anilines is 2. The summed E-state index contributed by atoms with van der Waals surface area (Å²) in [5.41, 5.74) is 2.96. The number of amides is 1. The second-order valence-electron chi connectivity index (χ2n) is 7.55. The van der Waals surface area contributed by atoms with E-state index in [2.05, 4.69) is 34.2 Å². The number of nitrogens with one attached hydrogen (secondary N) is 1. The first-order chi connectivity index (χ1) is 15.1. The lowest BCUT2D eigenvalue weighted by molar-refractivity contribution is -0.116. The fourth-order valence-corrected chi connectivity index (χ4v) is 3.84. The first-order valence-electron chi connectivity index (χ1n) is 10.7. The van der Waals surface area contributed by atoms with E-state index in [0.717, 1.165) is 44.0 Å². The van der Waals surface area contributed by atoms with E-state index in [4.69, 9.17) is 14.2 Å². The van der Waals surface area contributed by atoms with E-state index in [1.54, 1.807) is 21.3 Å². The third-order valence-corrected chi connectivity index (χ3v) is 5.70. The third kappa shape index (κ3) is 5.82. The number of carbonyl (C=O) groups excluding carboxylic acids is 1. The normalized spacial score (nSPS) is 14.3. The second-order valence-corrected chi connectivity index (χ2v) is 7.55. The summed E-state index contributed by atoms with van der Waals surface area (Å²) in [5.74, 6) is 1.70. The number of ether oxygens (including phenoxy) is 3. The van der Waals surface area contributed by atoms with Crippen LogP contribution in [0.4, 0.5) is 11.4 Å². The van der Waals surface area contributed by atoms with Gasteiger partial charge in [0.1, 0.15) is 0 Å². The molecule has 1 aliphatic heterocycles.